The van der Waals surface area contributed by atoms with Crippen LogP contribution in [-0.2, 0) is 0 Å². The molecule has 5 nitrogen and oxygen atoms in total. The highest BCUT2D eigenvalue weighted by atomic mass is 16.2. The van der Waals surface area contributed by atoms with E-state index in [0.717, 1.165) is 43.2 Å². The van der Waals surface area contributed by atoms with Crippen molar-refractivity contribution in [2.45, 2.75) is 39.2 Å². The summed E-state index contributed by atoms with van der Waals surface area (Å²) >= 11 is 0. The van der Waals surface area contributed by atoms with E-state index in [1.807, 2.05) is 41.2 Å². The number of amides is 1. The van der Waals surface area contributed by atoms with Crippen LogP contribution in [-0.4, -0.2) is 57.7 Å². The van der Waals surface area contributed by atoms with E-state index in [0.29, 0.717) is 12.0 Å². The molecule has 1 aliphatic heterocycles. The van der Waals surface area contributed by atoms with Crippen molar-refractivity contribution in [3.63, 3.8) is 0 Å². The summed E-state index contributed by atoms with van der Waals surface area (Å²) in [6.07, 6.45) is 7.50. The highest BCUT2D eigenvalue weighted by Crippen LogP contribution is 2.32. The second kappa shape index (κ2) is 7.85. The molecule has 2 fully saturated rings. The fraction of sp³-hybridized carbons (Fsp3) is 0.545. The van der Waals surface area contributed by atoms with Crippen LogP contribution in [0.3, 0.4) is 0 Å². The van der Waals surface area contributed by atoms with E-state index < -0.39 is 0 Å². The highest BCUT2D eigenvalue weighted by Gasteiger charge is 2.33. The molecule has 0 radical (unpaired) electrons. The van der Waals surface area contributed by atoms with Crippen LogP contribution in [0.4, 0.5) is 0 Å². The van der Waals surface area contributed by atoms with Crippen molar-refractivity contribution in [1.29, 1.82) is 0 Å². The van der Waals surface area contributed by atoms with E-state index in [4.69, 9.17) is 0 Å². The number of carbonyl (C=O) groups is 1. The third-order valence-corrected chi connectivity index (χ3v) is 5.88. The molecule has 0 unspecified atom stereocenters. The summed E-state index contributed by atoms with van der Waals surface area (Å²) < 4.78 is 1.81. The van der Waals surface area contributed by atoms with Crippen molar-refractivity contribution in [2.75, 3.05) is 26.2 Å². The monoisotopic (exact) mass is 366 g/mol. The van der Waals surface area contributed by atoms with Gasteiger partial charge in [0, 0.05) is 50.2 Å². The van der Waals surface area contributed by atoms with Gasteiger partial charge in [0.25, 0.3) is 5.91 Å². The number of carbonyl (C=O) groups excluding carboxylic acids is 1. The lowest BCUT2D eigenvalue weighted by Gasteiger charge is -2.34. The lowest BCUT2D eigenvalue weighted by Crippen LogP contribution is -2.46. The Kier molecular flexibility index (Phi) is 5.30. The molecule has 1 aromatic carbocycles. The average molecular weight is 367 g/mol. The lowest BCUT2D eigenvalue weighted by atomic mass is 10.0. The van der Waals surface area contributed by atoms with Gasteiger partial charge < -0.3 is 4.90 Å². The normalized spacial score (nSPS) is 21.4. The van der Waals surface area contributed by atoms with Crippen molar-refractivity contribution in [1.82, 2.24) is 19.6 Å². The van der Waals surface area contributed by atoms with E-state index >= 15 is 0 Å². The Morgan fingerprint density at radius 1 is 1.19 bits per heavy atom. The molecule has 2 aromatic rings. The molecule has 1 saturated heterocycles. The second-order valence-electron chi connectivity index (χ2n) is 8.35. The van der Waals surface area contributed by atoms with Gasteiger partial charge >= 0.3 is 0 Å². The molecule has 1 amide bonds. The van der Waals surface area contributed by atoms with Crippen LogP contribution in [0.1, 0.15) is 43.5 Å². The van der Waals surface area contributed by atoms with E-state index in [2.05, 4.69) is 28.7 Å². The highest BCUT2D eigenvalue weighted by molar-refractivity contribution is 5.94. The van der Waals surface area contributed by atoms with Crippen LogP contribution in [0.25, 0.3) is 5.69 Å². The Bertz CT molecular complexity index is 749. The molecule has 27 heavy (non-hydrogen) atoms. The molecule has 1 aromatic heterocycles. The fourth-order valence-electron chi connectivity index (χ4n) is 4.10. The number of aromatic nitrogens is 2. The van der Waals surface area contributed by atoms with Gasteiger partial charge in [-0.25, -0.2) is 4.68 Å². The van der Waals surface area contributed by atoms with Crippen molar-refractivity contribution >= 4 is 5.91 Å². The van der Waals surface area contributed by atoms with Crippen molar-refractivity contribution < 1.29 is 4.79 Å². The van der Waals surface area contributed by atoms with E-state index in [1.165, 1.54) is 19.4 Å². The zero-order valence-electron chi connectivity index (χ0n) is 16.4. The zero-order chi connectivity index (χ0) is 18.8. The smallest absolute Gasteiger partial charge is 0.253 e. The Morgan fingerprint density at radius 2 is 1.96 bits per heavy atom. The summed E-state index contributed by atoms with van der Waals surface area (Å²) in [6.45, 7) is 8.59. The first-order chi connectivity index (χ1) is 13.1. The van der Waals surface area contributed by atoms with Gasteiger partial charge in [-0.05, 0) is 61.4 Å². The molecule has 1 aliphatic carbocycles. The van der Waals surface area contributed by atoms with Gasteiger partial charge in [-0.2, -0.15) is 5.10 Å². The molecule has 4 rings (SSSR count). The SMILES string of the molecule is CC(C)[C@H]1CN(C(=O)c2ccc(-n3cccn3)cc2)CCCN1CC1CC1. The van der Waals surface area contributed by atoms with Crippen molar-refractivity contribution in [3.8, 4) is 5.69 Å². The molecule has 2 aliphatic rings. The van der Waals surface area contributed by atoms with Crippen LogP contribution in [0.2, 0.25) is 0 Å². The standard InChI is InChI=1S/C22H30N4O/c1-17(2)21-16-25(13-4-12-24(21)15-18-5-6-18)22(27)19-7-9-20(10-8-19)26-14-3-11-23-26/h3,7-11,14,17-18,21H,4-6,12-13,15-16H2,1-2H3/t21-/m1/s1. The van der Waals surface area contributed by atoms with Crippen LogP contribution < -0.4 is 0 Å². The number of nitrogens with zero attached hydrogens (tertiary/aromatic N) is 4. The fourth-order valence-corrected chi connectivity index (χ4v) is 4.10. The molecular weight excluding hydrogens is 336 g/mol. The average Bonchev–Trinajstić information content (AvgIpc) is 3.38. The number of hydrogen-bond donors (Lipinski definition) is 0. The largest absolute Gasteiger partial charge is 0.337 e. The van der Waals surface area contributed by atoms with Crippen molar-refractivity contribution in [2.24, 2.45) is 11.8 Å². The van der Waals surface area contributed by atoms with Gasteiger partial charge in [-0.3, -0.25) is 9.69 Å². The topological polar surface area (TPSA) is 41.4 Å². The minimum atomic E-state index is 0.154. The molecular formula is C22H30N4O. The lowest BCUT2D eigenvalue weighted by molar-refractivity contribution is 0.0704. The third kappa shape index (κ3) is 4.24. The van der Waals surface area contributed by atoms with Gasteiger partial charge in [0.05, 0.1) is 5.69 Å². The van der Waals surface area contributed by atoms with E-state index in [-0.39, 0.29) is 5.91 Å². The summed E-state index contributed by atoms with van der Waals surface area (Å²) in [4.78, 5) is 17.9. The molecule has 0 spiro atoms. The van der Waals surface area contributed by atoms with E-state index in [1.54, 1.807) is 6.20 Å². The zero-order valence-corrected chi connectivity index (χ0v) is 16.4. The van der Waals surface area contributed by atoms with E-state index in [9.17, 15) is 4.79 Å². The number of rotatable bonds is 5. The Morgan fingerprint density at radius 3 is 2.59 bits per heavy atom. The maximum atomic E-state index is 13.1. The van der Waals surface area contributed by atoms with Gasteiger partial charge in [-0.15, -0.1) is 0 Å². The molecule has 1 atom stereocenters. The molecule has 0 bridgehead atoms. The summed E-state index contributed by atoms with van der Waals surface area (Å²) in [5.74, 6) is 1.60. The summed E-state index contributed by atoms with van der Waals surface area (Å²) in [5, 5.41) is 4.25. The molecule has 2 heterocycles. The van der Waals surface area contributed by atoms with Gasteiger partial charge in [0.1, 0.15) is 0 Å². The molecule has 5 heteroatoms. The first-order valence-electron chi connectivity index (χ1n) is 10.2. The minimum Gasteiger partial charge on any atom is -0.337 e. The quantitative estimate of drug-likeness (QED) is 0.814. The first-order valence-corrected chi connectivity index (χ1v) is 10.2. The van der Waals surface area contributed by atoms with Crippen LogP contribution in [0.5, 0.6) is 0 Å². The summed E-state index contributed by atoms with van der Waals surface area (Å²) in [5.41, 5.74) is 1.74. The Balaban J connectivity index is 1.47. The molecule has 1 saturated carbocycles. The van der Waals surface area contributed by atoms with Gasteiger partial charge in [-0.1, -0.05) is 13.8 Å². The summed E-state index contributed by atoms with van der Waals surface area (Å²) in [6, 6.07) is 10.2. The van der Waals surface area contributed by atoms with Gasteiger partial charge in [0.2, 0.25) is 0 Å². The first kappa shape index (κ1) is 18.2. The Labute approximate surface area is 162 Å². The summed E-state index contributed by atoms with van der Waals surface area (Å²) in [7, 11) is 0. The number of benzene rings is 1. The maximum Gasteiger partial charge on any atom is 0.253 e. The predicted octanol–water partition coefficient (Wildman–Crippen LogP) is 3.45. The third-order valence-electron chi connectivity index (χ3n) is 5.88. The maximum absolute atomic E-state index is 13.1. The Hall–Kier alpha value is -2.14. The minimum absolute atomic E-state index is 0.154. The van der Waals surface area contributed by atoms with Crippen molar-refractivity contribution in [3.05, 3.63) is 48.3 Å². The number of hydrogen-bond acceptors (Lipinski definition) is 3. The van der Waals surface area contributed by atoms with Crippen LogP contribution in [0, 0.1) is 11.8 Å². The van der Waals surface area contributed by atoms with Crippen LogP contribution >= 0.6 is 0 Å². The molecule has 0 N–H and O–H groups in total. The van der Waals surface area contributed by atoms with Crippen LogP contribution in [0.15, 0.2) is 42.7 Å². The second-order valence-corrected chi connectivity index (χ2v) is 8.35. The van der Waals surface area contributed by atoms with Gasteiger partial charge in [0.15, 0.2) is 0 Å². The molecule has 144 valence electrons. The predicted molar refractivity (Wildman–Crippen MR) is 107 cm³/mol.